The number of benzene rings is 2. The van der Waals surface area contributed by atoms with Gasteiger partial charge in [-0.1, -0.05) is 11.6 Å². The van der Waals surface area contributed by atoms with Crippen molar-refractivity contribution in [2.45, 2.75) is 17.5 Å². The average Bonchev–Trinajstić information content (AvgIpc) is 2.52. The highest BCUT2D eigenvalue weighted by Gasteiger charge is 2.32. The zero-order valence-corrected chi connectivity index (χ0v) is 17.8. The first-order chi connectivity index (χ1) is 13.5. The van der Waals surface area contributed by atoms with Crippen LogP contribution < -0.4 is 9.46 Å². The highest BCUT2D eigenvalue weighted by Crippen LogP contribution is 2.36. The molecule has 1 N–H and O–H groups in total. The van der Waals surface area contributed by atoms with E-state index in [1.54, 1.807) is 4.72 Å². The van der Waals surface area contributed by atoms with Gasteiger partial charge in [0.15, 0.2) is 9.84 Å². The molecule has 0 spiro atoms. The van der Waals surface area contributed by atoms with Crippen LogP contribution in [0, 0.1) is 0 Å². The lowest BCUT2D eigenvalue weighted by Gasteiger charge is -2.14. The topological polar surface area (TPSA) is 107 Å². The predicted molar refractivity (Wildman–Crippen MR) is 103 cm³/mol. The van der Waals surface area contributed by atoms with Gasteiger partial charge in [-0.05, 0) is 42.0 Å². The van der Waals surface area contributed by atoms with Gasteiger partial charge in [0.05, 0.1) is 28.2 Å². The number of rotatable bonds is 6. The van der Waals surface area contributed by atoms with Gasteiger partial charge in [-0.25, -0.2) is 16.8 Å². The Balaban J connectivity index is 2.41. The molecule has 0 bridgehead atoms. The quantitative estimate of drug-likeness (QED) is 0.673. The molecule has 7 nitrogen and oxygen atoms in total. The van der Waals surface area contributed by atoms with Crippen LogP contribution in [0.2, 0.25) is 5.02 Å². The number of hydrogen-bond donors (Lipinski definition) is 1. The number of hydrogen-bond acceptors (Lipinski definition) is 6. The summed E-state index contributed by atoms with van der Waals surface area (Å²) >= 11 is 5.97. The molecule has 13 heteroatoms. The fourth-order valence-corrected chi connectivity index (χ4v) is 3.75. The summed E-state index contributed by atoms with van der Waals surface area (Å²) in [6, 6.07) is 5.89. The van der Waals surface area contributed by atoms with E-state index in [0.29, 0.717) is 12.1 Å². The second-order valence-electron chi connectivity index (χ2n) is 6.30. The van der Waals surface area contributed by atoms with Crippen molar-refractivity contribution in [3.8, 4) is 11.5 Å². The number of sulfone groups is 1. The Kier molecular flexibility index (Phi) is 6.74. The normalized spacial score (nSPS) is 12.5. The second-order valence-corrected chi connectivity index (χ2v) is 10.5. The maximum atomic E-state index is 13.2. The molecular weight excluding hydrogens is 471 g/mol. The number of ether oxygens (including phenoxy) is 1. The maximum Gasteiger partial charge on any atom is 0.416 e. The molecule has 0 fully saturated rings. The summed E-state index contributed by atoms with van der Waals surface area (Å²) in [5, 5.41) is -0.160. The minimum Gasteiger partial charge on any atom is -0.456 e. The van der Waals surface area contributed by atoms with Gasteiger partial charge in [0.1, 0.15) is 11.5 Å². The lowest BCUT2D eigenvalue weighted by molar-refractivity contribution is -0.137. The van der Waals surface area contributed by atoms with Gasteiger partial charge in [-0.2, -0.15) is 13.2 Å². The molecule has 0 aliphatic carbocycles. The van der Waals surface area contributed by atoms with Gasteiger partial charge in [0.25, 0.3) is 0 Å². The minimum absolute atomic E-state index is 0.109. The fourth-order valence-electron chi connectivity index (χ4n) is 2.34. The summed E-state index contributed by atoms with van der Waals surface area (Å²) in [6.07, 6.45) is -3.74. The molecule has 0 heterocycles. The molecule has 2 rings (SSSR count). The maximum absolute atomic E-state index is 13.2. The number of alkyl halides is 3. The molecular formula is C17H15ClF3NO6S2. The fraction of sp³-hybridized carbons (Fsp3) is 0.235. The van der Waals surface area contributed by atoms with Crippen LogP contribution in [0.1, 0.15) is 11.1 Å². The molecule has 2 aromatic carbocycles. The SMILES string of the molecule is CS(=O)(=O)NC(=O)Cc1cc(Oc2ccc(S(C)(=O)=O)cc2Cl)cc(C(F)(F)F)c1. The summed E-state index contributed by atoms with van der Waals surface area (Å²) in [7, 11) is -7.44. The Labute approximate surface area is 175 Å². The van der Waals surface area contributed by atoms with Crippen LogP contribution in [0.15, 0.2) is 41.3 Å². The van der Waals surface area contributed by atoms with Crippen molar-refractivity contribution in [3.63, 3.8) is 0 Å². The van der Waals surface area contributed by atoms with Gasteiger partial charge in [0, 0.05) is 6.26 Å². The highest BCUT2D eigenvalue weighted by molar-refractivity contribution is 7.90. The minimum atomic E-state index is -4.77. The molecule has 0 aliphatic rings. The molecule has 2 aromatic rings. The molecule has 0 aliphatic heterocycles. The van der Waals surface area contributed by atoms with E-state index in [1.807, 2.05) is 0 Å². The van der Waals surface area contributed by atoms with Crippen LogP contribution in [-0.4, -0.2) is 35.3 Å². The molecule has 1 amide bonds. The van der Waals surface area contributed by atoms with Crippen LogP contribution >= 0.6 is 11.6 Å². The lowest BCUT2D eigenvalue weighted by Crippen LogP contribution is -2.30. The average molecular weight is 486 g/mol. The molecule has 0 aromatic heterocycles. The van der Waals surface area contributed by atoms with Crippen LogP contribution in [0.3, 0.4) is 0 Å². The van der Waals surface area contributed by atoms with E-state index < -0.39 is 43.9 Å². The Hall–Kier alpha value is -2.31. The third kappa shape index (κ3) is 6.89. The first kappa shape index (κ1) is 24.0. The van der Waals surface area contributed by atoms with Crippen molar-refractivity contribution < 1.29 is 39.5 Å². The first-order valence-corrected chi connectivity index (χ1v) is 12.1. The first-order valence-electron chi connectivity index (χ1n) is 7.94. The van der Waals surface area contributed by atoms with Gasteiger partial charge in [0.2, 0.25) is 15.9 Å². The number of nitrogens with one attached hydrogen (secondary N) is 1. The lowest BCUT2D eigenvalue weighted by atomic mass is 10.1. The Bertz CT molecular complexity index is 1190. The van der Waals surface area contributed by atoms with Crippen molar-refractivity contribution >= 4 is 37.4 Å². The molecule has 0 atom stereocenters. The van der Waals surface area contributed by atoms with Gasteiger partial charge < -0.3 is 4.74 Å². The van der Waals surface area contributed by atoms with E-state index in [1.165, 1.54) is 12.1 Å². The van der Waals surface area contributed by atoms with E-state index in [4.69, 9.17) is 16.3 Å². The van der Waals surface area contributed by atoms with E-state index in [9.17, 15) is 34.8 Å². The number of halogens is 4. The van der Waals surface area contributed by atoms with E-state index in [-0.39, 0.29) is 27.0 Å². The summed E-state index contributed by atoms with van der Waals surface area (Å²) in [5.41, 5.74) is -1.30. The largest absolute Gasteiger partial charge is 0.456 e. The molecule has 0 saturated carbocycles. The Morgan fingerprint density at radius 1 is 1.07 bits per heavy atom. The third-order valence-electron chi connectivity index (χ3n) is 3.52. The van der Waals surface area contributed by atoms with Crippen molar-refractivity contribution in [3.05, 3.63) is 52.5 Å². The predicted octanol–water partition coefficient (Wildman–Crippen LogP) is 3.17. The number of carbonyl (C=O) groups excluding carboxylic acids is 1. The summed E-state index contributed by atoms with van der Waals surface area (Å²) in [5.74, 6) is -1.48. The number of carbonyl (C=O) groups is 1. The smallest absolute Gasteiger partial charge is 0.416 e. The van der Waals surface area contributed by atoms with Crippen molar-refractivity contribution in [2.24, 2.45) is 0 Å². The zero-order chi connectivity index (χ0) is 22.9. The number of sulfonamides is 1. The van der Waals surface area contributed by atoms with Crippen molar-refractivity contribution in [1.29, 1.82) is 0 Å². The zero-order valence-electron chi connectivity index (χ0n) is 15.4. The summed E-state index contributed by atoms with van der Waals surface area (Å²) in [4.78, 5) is 11.6. The summed E-state index contributed by atoms with van der Waals surface area (Å²) in [6.45, 7) is 0. The molecule has 0 radical (unpaired) electrons. The Morgan fingerprint density at radius 2 is 1.70 bits per heavy atom. The summed E-state index contributed by atoms with van der Waals surface area (Å²) < 4.78 is 92.0. The van der Waals surface area contributed by atoms with E-state index in [2.05, 4.69) is 0 Å². The van der Waals surface area contributed by atoms with Crippen LogP contribution in [-0.2, 0) is 37.3 Å². The monoisotopic (exact) mass is 485 g/mol. The van der Waals surface area contributed by atoms with Crippen LogP contribution in [0.4, 0.5) is 13.2 Å². The molecule has 164 valence electrons. The second kappa shape index (κ2) is 8.44. The van der Waals surface area contributed by atoms with Crippen molar-refractivity contribution in [2.75, 3.05) is 12.5 Å². The highest BCUT2D eigenvalue weighted by atomic mass is 35.5. The van der Waals surface area contributed by atoms with Crippen LogP contribution in [0.25, 0.3) is 0 Å². The van der Waals surface area contributed by atoms with Gasteiger partial charge >= 0.3 is 6.18 Å². The van der Waals surface area contributed by atoms with Crippen molar-refractivity contribution in [1.82, 2.24) is 4.72 Å². The van der Waals surface area contributed by atoms with E-state index in [0.717, 1.165) is 24.6 Å². The Morgan fingerprint density at radius 3 is 2.20 bits per heavy atom. The van der Waals surface area contributed by atoms with Gasteiger partial charge in [-0.3, -0.25) is 9.52 Å². The van der Waals surface area contributed by atoms with E-state index >= 15 is 0 Å². The van der Waals surface area contributed by atoms with Gasteiger partial charge in [-0.15, -0.1) is 0 Å². The molecule has 0 unspecified atom stereocenters. The molecule has 30 heavy (non-hydrogen) atoms. The van der Waals surface area contributed by atoms with Crippen LogP contribution in [0.5, 0.6) is 11.5 Å². The third-order valence-corrected chi connectivity index (χ3v) is 5.52. The molecule has 0 saturated heterocycles. The number of amides is 1. The standard InChI is InChI=1S/C17H15ClF3NO6S2/c1-29(24,25)13-3-4-15(14(18)9-13)28-12-6-10(5-11(8-12)17(19,20)21)7-16(23)22-30(2,26)27/h3-6,8-9H,7H2,1-2H3,(H,22,23).